The third kappa shape index (κ3) is 7.15. The second kappa shape index (κ2) is 10.9. The van der Waals surface area contributed by atoms with Crippen molar-refractivity contribution < 1.29 is 34.3 Å². The largest absolute Gasteiger partial charge is 0.493 e. The van der Waals surface area contributed by atoms with Crippen LogP contribution < -0.4 is 4.74 Å². The Kier molecular flexibility index (Phi) is 8.61. The molecule has 6 nitrogen and oxygen atoms in total. The van der Waals surface area contributed by atoms with Gasteiger partial charge in [0.05, 0.1) is 6.61 Å². The second-order valence-electron chi connectivity index (χ2n) is 7.12. The number of rotatable bonds is 10. The maximum absolute atomic E-state index is 12.8. The van der Waals surface area contributed by atoms with Crippen LogP contribution >= 0.6 is 0 Å². The minimum absolute atomic E-state index is 0.295. The molecule has 0 amide bonds. The Morgan fingerprint density at radius 1 is 1.31 bits per heavy atom. The van der Waals surface area contributed by atoms with E-state index in [0.29, 0.717) is 30.6 Å². The zero-order valence-corrected chi connectivity index (χ0v) is 16.1. The van der Waals surface area contributed by atoms with Crippen LogP contribution in [0.15, 0.2) is 54.3 Å². The fourth-order valence-electron chi connectivity index (χ4n) is 3.28. The summed E-state index contributed by atoms with van der Waals surface area (Å²) in [6.07, 6.45) is 9.59. The molecule has 0 aliphatic heterocycles. The number of aliphatic hydroxyl groups excluding tert-OH is 1. The fraction of sp³-hybridized carbons (Fsp3) is 0.455. The molecule has 3 atom stereocenters. The van der Waals surface area contributed by atoms with Crippen LogP contribution in [0.1, 0.15) is 32.1 Å². The van der Waals surface area contributed by atoms with Crippen LogP contribution in [0.4, 0.5) is 4.39 Å². The van der Waals surface area contributed by atoms with Gasteiger partial charge < -0.3 is 25.2 Å². The molecular formula is C22H27FO6. The Labute approximate surface area is 169 Å². The van der Waals surface area contributed by atoms with Gasteiger partial charge in [-0.25, -0.2) is 9.18 Å². The van der Waals surface area contributed by atoms with Crippen LogP contribution in [0.25, 0.3) is 0 Å². The van der Waals surface area contributed by atoms with Gasteiger partial charge in [-0.1, -0.05) is 18.6 Å². The van der Waals surface area contributed by atoms with Crippen LogP contribution in [0.5, 0.6) is 5.75 Å². The SMILES string of the molecule is O=C(O)C(O)(O)C(O)C=C=CC[C@H]1CCC[C@@H]1C=CCCOc1ccc(F)cc1. The van der Waals surface area contributed by atoms with Gasteiger partial charge in [-0.3, -0.25) is 0 Å². The van der Waals surface area contributed by atoms with Gasteiger partial charge in [0.15, 0.2) is 0 Å². The van der Waals surface area contributed by atoms with Crippen LogP contribution in [-0.4, -0.2) is 44.9 Å². The molecule has 2 rings (SSSR count). The maximum Gasteiger partial charge on any atom is 0.367 e. The molecule has 0 radical (unpaired) electrons. The van der Waals surface area contributed by atoms with Gasteiger partial charge in [0.1, 0.15) is 17.7 Å². The van der Waals surface area contributed by atoms with E-state index in [2.05, 4.69) is 17.9 Å². The molecule has 1 fully saturated rings. The van der Waals surface area contributed by atoms with Crippen molar-refractivity contribution >= 4 is 5.97 Å². The number of aliphatic hydroxyl groups is 3. The van der Waals surface area contributed by atoms with E-state index in [-0.39, 0.29) is 5.82 Å². The normalized spacial score (nSPS) is 20.3. The predicted molar refractivity (Wildman–Crippen MR) is 105 cm³/mol. The van der Waals surface area contributed by atoms with E-state index in [0.717, 1.165) is 31.8 Å². The van der Waals surface area contributed by atoms with E-state index >= 15 is 0 Å². The summed E-state index contributed by atoms with van der Waals surface area (Å²) < 4.78 is 18.4. The number of hydrogen-bond acceptors (Lipinski definition) is 5. The number of ether oxygens (including phenoxy) is 1. The first-order chi connectivity index (χ1) is 13.8. The highest BCUT2D eigenvalue weighted by atomic mass is 19.1. The van der Waals surface area contributed by atoms with Gasteiger partial charge in [0.25, 0.3) is 5.79 Å². The molecule has 29 heavy (non-hydrogen) atoms. The summed E-state index contributed by atoms with van der Waals surface area (Å²) in [4.78, 5) is 10.6. The predicted octanol–water partition coefficient (Wildman–Crippen LogP) is 2.79. The van der Waals surface area contributed by atoms with Gasteiger partial charge in [-0.15, -0.1) is 5.73 Å². The lowest BCUT2D eigenvalue weighted by Crippen LogP contribution is -2.48. The number of carboxylic acid groups (broad SMARTS) is 1. The van der Waals surface area contributed by atoms with E-state index in [4.69, 9.17) is 9.84 Å². The third-order valence-electron chi connectivity index (χ3n) is 4.99. The Morgan fingerprint density at radius 2 is 2.03 bits per heavy atom. The lowest BCUT2D eigenvalue weighted by atomic mass is 9.92. The third-order valence-corrected chi connectivity index (χ3v) is 4.99. The zero-order chi connectivity index (χ0) is 21.3. The number of hydrogen-bond donors (Lipinski definition) is 4. The number of carbonyl (C=O) groups is 1. The monoisotopic (exact) mass is 406 g/mol. The van der Waals surface area contributed by atoms with Gasteiger partial charge in [0.2, 0.25) is 0 Å². The minimum Gasteiger partial charge on any atom is -0.493 e. The van der Waals surface area contributed by atoms with E-state index in [1.54, 1.807) is 18.2 Å². The summed E-state index contributed by atoms with van der Waals surface area (Å²) in [6.45, 7) is 0.508. The fourth-order valence-corrected chi connectivity index (χ4v) is 3.28. The van der Waals surface area contributed by atoms with E-state index in [1.165, 1.54) is 12.1 Å². The molecule has 0 spiro atoms. The zero-order valence-electron chi connectivity index (χ0n) is 16.1. The molecule has 1 aliphatic carbocycles. The van der Waals surface area contributed by atoms with Crippen LogP contribution in [-0.2, 0) is 4.79 Å². The van der Waals surface area contributed by atoms with E-state index < -0.39 is 17.9 Å². The van der Waals surface area contributed by atoms with Crippen molar-refractivity contribution in [2.45, 2.75) is 44.0 Å². The Morgan fingerprint density at radius 3 is 2.72 bits per heavy atom. The van der Waals surface area contributed by atoms with Gasteiger partial charge in [0, 0.05) is 0 Å². The van der Waals surface area contributed by atoms with Crippen LogP contribution in [0, 0.1) is 17.7 Å². The first-order valence-corrected chi connectivity index (χ1v) is 9.63. The standard InChI is InChI=1S/C22H27FO6/c23-18-11-13-19(14-12-18)29-15-4-3-7-17-9-5-8-16(17)6-1-2-10-20(24)22(27,28)21(25)26/h1,3,7,10-14,16-17,20,24,27-28H,4-6,8-9,15H2,(H,25,26)/t2?,16-,17-,20?/m0/s1. The molecule has 0 heterocycles. The van der Waals surface area contributed by atoms with Crippen LogP contribution in [0.3, 0.4) is 0 Å². The van der Waals surface area contributed by atoms with Crippen molar-refractivity contribution in [2.75, 3.05) is 6.61 Å². The molecule has 1 unspecified atom stereocenters. The number of carboxylic acids is 1. The second-order valence-corrected chi connectivity index (χ2v) is 7.12. The highest BCUT2D eigenvalue weighted by Gasteiger charge is 2.40. The summed E-state index contributed by atoms with van der Waals surface area (Å²) >= 11 is 0. The minimum atomic E-state index is -3.23. The Hall–Kier alpha value is -2.44. The van der Waals surface area contributed by atoms with Gasteiger partial charge >= 0.3 is 5.97 Å². The van der Waals surface area contributed by atoms with Crippen molar-refractivity contribution in [3.05, 3.63) is 60.1 Å². The molecule has 0 aromatic heterocycles. The molecule has 158 valence electrons. The van der Waals surface area contributed by atoms with Crippen molar-refractivity contribution in [1.82, 2.24) is 0 Å². The Balaban J connectivity index is 1.76. The summed E-state index contributed by atoms with van der Waals surface area (Å²) in [7, 11) is 0. The van der Waals surface area contributed by atoms with Crippen molar-refractivity contribution in [2.24, 2.45) is 11.8 Å². The van der Waals surface area contributed by atoms with Gasteiger partial charge in [-0.05, 0) is 73.9 Å². The molecule has 0 bridgehead atoms. The molecule has 4 N–H and O–H groups in total. The quantitative estimate of drug-likeness (QED) is 0.206. The maximum atomic E-state index is 12.8. The lowest BCUT2D eigenvalue weighted by Gasteiger charge is -2.19. The summed E-state index contributed by atoms with van der Waals surface area (Å²) in [5, 5.41) is 36.6. The van der Waals surface area contributed by atoms with E-state index in [9.17, 15) is 24.5 Å². The molecule has 1 aromatic rings. The summed E-state index contributed by atoms with van der Waals surface area (Å²) in [5.41, 5.74) is 2.64. The first-order valence-electron chi connectivity index (χ1n) is 9.63. The first kappa shape index (κ1) is 22.8. The highest BCUT2D eigenvalue weighted by molar-refractivity contribution is 5.76. The Bertz CT molecular complexity index is 749. The highest BCUT2D eigenvalue weighted by Crippen LogP contribution is 2.35. The van der Waals surface area contributed by atoms with Crippen molar-refractivity contribution in [3.63, 3.8) is 0 Å². The van der Waals surface area contributed by atoms with Gasteiger partial charge in [-0.2, -0.15) is 0 Å². The summed E-state index contributed by atoms with van der Waals surface area (Å²) in [6, 6.07) is 5.91. The number of benzene rings is 1. The van der Waals surface area contributed by atoms with Crippen molar-refractivity contribution in [1.29, 1.82) is 0 Å². The number of allylic oxidation sites excluding steroid dienone is 1. The topological polar surface area (TPSA) is 107 Å². The number of halogens is 1. The van der Waals surface area contributed by atoms with Crippen molar-refractivity contribution in [3.8, 4) is 5.75 Å². The van der Waals surface area contributed by atoms with Crippen LogP contribution in [0.2, 0.25) is 0 Å². The molecule has 1 saturated carbocycles. The molecule has 7 heteroatoms. The molecule has 0 saturated heterocycles. The summed E-state index contributed by atoms with van der Waals surface area (Å²) in [5.74, 6) is -3.98. The lowest BCUT2D eigenvalue weighted by molar-refractivity contribution is -0.227. The average molecular weight is 406 g/mol. The molecule has 1 aromatic carbocycles. The average Bonchev–Trinajstić information content (AvgIpc) is 3.13. The van der Waals surface area contributed by atoms with E-state index in [1.807, 2.05) is 0 Å². The smallest absolute Gasteiger partial charge is 0.367 e. The molecule has 1 aliphatic rings. The number of aliphatic carboxylic acids is 1. The molecular weight excluding hydrogens is 379 g/mol.